The third-order valence-electron chi connectivity index (χ3n) is 14.7. The molecule has 5 nitrogen and oxygen atoms in total. The Morgan fingerprint density at radius 2 is 1.11 bits per heavy atom. The van der Waals surface area contributed by atoms with E-state index in [1.807, 2.05) is 6.20 Å². The second-order valence-corrected chi connectivity index (χ2v) is 22.6. The fourth-order valence-corrected chi connectivity index (χ4v) is 10.5. The minimum Gasteiger partial charge on any atom is -0.457 e. The van der Waals surface area contributed by atoms with E-state index in [0.717, 1.165) is 45.1 Å². The summed E-state index contributed by atoms with van der Waals surface area (Å²) >= 11 is 0. The van der Waals surface area contributed by atoms with E-state index < -0.39 is 0 Å². The number of ether oxygens (including phenoxy) is 1. The molecule has 0 spiro atoms. The molecule has 0 radical (unpaired) electrons. The van der Waals surface area contributed by atoms with Crippen molar-refractivity contribution in [3.63, 3.8) is 0 Å². The number of para-hydroxylation sites is 1. The maximum atomic E-state index is 7.06. The SMILES string of the molecule is CC(C)c1cccc(C(C)C)c1-c1ccc2c(c1)N(c1cccc(C(C)(C)c3ccccc3)c1)CN2c1cc(Oc2ccc3c4ccccc4n(-c4cc(C(C)(C)C)ccn4)c3c2)cc(C(C)(C)C)c1. The number of rotatable bonds is 10. The van der Waals surface area contributed by atoms with Gasteiger partial charge in [0.2, 0.25) is 0 Å². The van der Waals surface area contributed by atoms with Gasteiger partial charge in [0.1, 0.15) is 24.0 Å². The zero-order chi connectivity index (χ0) is 49.3. The third kappa shape index (κ3) is 8.54. The van der Waals surface area contributed by atoms with Gasteiger partial charge in [0, 0.05) is 45.9 Å². The van der Waals surface area contributed by atoms with E-state index in [2.05, 4.69) is 261 Å². The van der Waals surface area contributed by atoms with Crippen molar-refractivity contribution < 1.29 is 4.74 Å². The minimum absolute atomic E-state index is 0.0184. The van der Waals surface area contributed by atoms with Crippen molar-refractivity contribution in [1.82, 2.24) is 9.55 Å². The summed E-state index contributed by atoms with van der Waals surface area (Å²) in [7, 11) is 0. The van der Waals surface area contributed by atoms with Crippen LogP contribution in [0.1, 0.15) is 128 Å². The van der Waals surface area contributed by atoms with Crippen LogP contribution < -0.4 is 14.5 Å². The smallest absolute Gasteiger partial charge is 0.137 e. The maximum absolute atomic E-state index is 7.06. The number of aromatic nitrogens is 2. The number of hydrogen-bond donors (Lipinski definition) is 0. The standard InChI is InChI=1S/C65H68N4O/c1-42(2)53-25-19-26-54(43(3)4)62(53)44-28-31-58-60(34-44)67(49-23-18-22-47(35-49)65(11,12)45-20-14-13-15-21-45)41-68(58)50-36-48(64(8,9)10)37-52(39-50)70-51-29-30-56-55-24-16-17-27-57(55)69(59(56)40-51)61-38-46(32-33-66-61)63(5,6)7/h13-40,42-43H,41H2,1-12H3. The average molecular weight is 921 g/mol. The average Bonchev–Trinajstić information content (AvgIpc) is 3.89. The van der Waals surface area contributed by atoms with E-state index in [1.54, 1.807) is 0 Å². The molecule has 354 valence electrons. The van der Waals surface area contributed by atoms with Gasteiger partial charge in [0.15, 0.2) is 0 Å². The summed E-state index contributed by atoms with van der Waals surface area (Å²) < 4.78 is 9.34. The van der Waals surface area contributed by atoms with Crippen LogP contribution in [0.25, 0.3) is 38.8 Å². The molecule has 2 aromatic heterocycles. The predicted octanol–water partition coefficient (Wildman–Crippen LogP) is 18.1. The fourth-order valence-electron chi connectivity index (χ4n) is 10.5. The van der Waals surface area contributed by atoms with E-state index >= 15 is 0 Å². The second-order valence-electron chi connectivity index (χ2n) is 22.6. The summed E-state index contributed by atoms with van der Waals surface area (Å²) in [6.45, 7) is 28.2. The monoisotopic (exact) mass is 921 g/mol. The first-order valence-electron chi connectivity index (χ1n) is 25.2. The van der Waals surface area contributed by atoms with Gasteiger partial charge in [-0.2, -0.15) is 0 Å². The van der Waals surface area contributed by atoms with Crippen molar-refractivity contribution in [3.8, 4) is 28.4 Å². The molecule has 0 saturated heterocycles. The number of hydrogen-bond acceptors (Lipinski definition) is 4. The molecule has 70 heavy (non-hydrogen) atoms. The largest absolute Gasteiger partial charge is 0.457 e. The number of pyridine rings is 1. The molecule has 1 aliphatic heterocycles. The molecule has 0 N–H and O–H groups in total. The Balaban J connectivity index is 1.10. The van der Waals surface area contributed by atoms with Crippen LogP contribution in [0, 0.1) is 0 Å². The Morgan fingerprint density at radius 1 is 0.471 bits per heavy atom. The van der Waals surface area contributed by atoms with Gasteiger partial charge in [-0.25, -0.2) is 4.98 Å². The molecular weight excluding hydrogens is 853 g/mol. The Bertz CT molecular complexity index is 3370. The summed E-state index contributed by atoms with van der Waals surface area (Å²) in [5.74, 6) is 3.23. The summed E-state index contributed by atoms with van der Waals surface area (Å²) in [4.78, 5) is 9.92. The zero-order valence-electron chi connectivity index (χ0n) is 43.2. The number of fused-ring (bicyclic) bond motifs is 4. The Labute approximate surface area is 416 Å². The highest BCUT2D eigenvalue weighted by atomic mass is 16.5. The van der Waals surface area contributed by atoms with Crippen LogP contribution in [-0.4, -0.2) is 16.2 Å². The summed E-state index contributed by atoms with van der Waals surface area (Å²) in [6.07, 6.45) is 1.94. The van der Waals surface area contributed by atoms with Gasteiger partial charge >= 0.3 is 0 Å². The van der Waals surface area contributed by atoms with E-state index in [-0.39, 0.29) is 16.2 Å². The van der Waals surface area contributed by atoms with E-state index in [0.29, 0.717) is 18.5 Å². The number of benzene rings is 7. The van der Waals surface area contributed by atoms with Crippen LogP contribution in [0.5, 0.6) is 11.5 Å². The molecule has 0 atom stereocenters. The lowest BCUT2D eigenvalue weighted by atomic mass is 9.78. The Morgan fingerprint density at radius 3 is 1.83 bits per heavy atom. The van der Waals surface area contributed by atoms with E-state index in [1.165, 1.54) is 61.3 Å². The molecular formula is C65H68N4O. The van der Waals surface area contributed by atoms with Crippen LogP contribution in [0.2, 0.25) is 0 Å². The molecule has 0 amide bonds. The summed E-state index contributed by atoms with van der Waals surface area (Å²) in [5, 5.41) is 2.35. The lowest BCUT2D eigenvalue weighted by Crippen LogP contribution is -2.25. The Kier molecular flexibility index (Phi) is 11.8. The predicted molar refractivity (Wildman–Crippen MR) is 297 cm³/mol. The van der Waals surface area contributed by atoms with Crippen LogP contribution in [-0.2, 0) is 16.2 Å². The summed E-state index contributed by atoms with van der Waals surface area (Å²) in [5.41, 5.74) is 16.8. The fraction of sp³-hybridized carbons (Fsp3) is 0.277. The topological polar surface area (TPSA) is 33.5 Å². The van der Waals surface area contributed by atoms with Gasteiger partial charge in [-0.15, -0.1) is 0 Å². The molecule has 9 aromatic rings. The van der Waals surface area contributed by atoms with E-state index in [4.69, 9.17) is 9.72 Å². The van der Waals surface area contributed by atoms with Crippen LogP contribution in [0.3, 0.4) is 0 Å². The molecule has 0 aliphatic carbocycles. The molecule has 0 fully saturated rings. The van der Waals surface area contributed by atoms with Crippen LogP contribution in [0.4, 0.5) is 22.7 Å². The van der Waals surface area contributed by atoms with Gasteiger partial charge in [-0.3, -0.25) is 4.57 Å². The molecule has 0 bridgehead atoms. The first-order chi connectivity index (χ1) is 33.4. The molecule has 1 aliphatic rings. The Hall–Kier alpha value is -7.11. The van der Waals surface area contributed by atoms with Gasteiger partial charge in [0.25, 0.3) is 0 Å². The maximum Gasteiger partial charge on any atom is 0.137 e. The first-order valence-corrected chi connectivity index (χ1v) is 25.2. The second kappa shape index (κ2) is 17.7. The van der Waals surface area contributed by atoms with Gasteiger partial charge in [-0.05, 0) is 134 Å². The minimum atomic E-state index is -0.193. The van der Waals surface area contributed by atoms with Crippen molar-refractivity contribution in [2.75, 3.05) is 16.5 Å². The third-order valence-corrected chi connectivity index (χ3v) is 14.7. The van der Waals surface area contributed by atoms with Gasteiger partial charge < -0.3 is 14.5 Å². The highest BCUT2D eigenvalue weighted by Gasteiger charge is 2.32. The highest BCUT2D eigenvalue weighted by molar-refractivity contribution is 6.09. The molecule has 10 rings (SSSR count). The van der Waals surface area contributed by atoms with Gasteiger partial charge in [-0.1, -0.05) is 168 Å². The van der Waals surface area contributed by atoms with Crippen LogP contribution >= 0.6 is 0 Å². The molecule has 0 unspecified atom stereocenters. The quantitative estimate of drug-likeness (QED) is 0.137. The highest BCUT2D eigenvalue weighted by Crippen LogP contribution is 2.50. The first kappa shape index (κ1) is 46.6. The van der Waals surface area contributed by atoms with Gasteiger partial charge in [0.05, 0.1) is 22.4 Å². The normalized spacial score (nSPS) is 13.3. The molecule has 3 heterocycles. The van der Waals surface area contributed by atoms with Crippen molar-refractivity contribution >= 4 is 44.6 Å². The number of anilines is 4. The van der Waals surface area contributed by atoms with Crippen molar-refractivity contribution in [2.45, 2.75) is 111 Å². The van der Waals surface area contributed by atoms with Crippen molar-refractivity contribution in [3.05, 3.63) is 203 Å². The number of nitrogens with zero attached hydrogens (tertiary/aromatic N) is 4. The molecule has 5 heteroatoms. The van der Waals surface area contributed by atoms with Crippen molar-refractivity contribution in [1.29, 1.82) is 0 Å². The molecule has 0 saturated carbocycles. The summed E-state index contributed by atoms with van der Waals surface area (Å²) in [6, 6.07) is 60.3. The molecule has 7 aromatic carbocycles. The zero-order valence-corrected chi connectivity index (χ0v) is 43.2. The van der Waals surface area contributed by atoms with Crippen molar-refractivity contribution in [2.24, 2.45) is 0 Å². The lowest BCUT2D eigenvalue weighted by Gasteiger charge is -2.29. The lowest BCUT2D eigenvalue weighted by molar-refractivity contribution is 0.479. The van der Waals surface area contributed by atoms with E-state index in [9.17, 15) is 0 Å². The van der Waals surface area contributed by atoms with Crippen LogP contribution in [0.15, 0.2) is 170 Å².